The highest BCUT2D eigenvalue weighted by molar-refractivity contribution is 5.79. The molecule has 0 heterocycles. The van der Waals surface area contributed by atoms with Gasteiger partial charge in [-0.25, -0.2) is 13.6 Å². The van der Waals surface area contributed by atoms with E-state index in [0.717, 1.165) is 0 Å². The maximum Gasteiger partial charge on any atom is 0.340 e. The third kappa shape index (κ3) is 2.10. The fourth-order valence-corrected chi connectivity index (χ4v) is 2.53. The number of hydrogen-bond donors (Lipinski definition) is 2. The Morgan fingerprint density at radius 3 is 2.39 bits per heavy atom. The highest BCUT2D eigenvalue weighted by Crippen LogP contribution is 2.47. The van der Waals surface area contributed by atoms with Crippen LogP contribution in [0.2, 0.25) is 0 Å². The summed E-state index contributed by atoms with van der Waals surface area (Å²) in [7, 11) is 0. The SMILES string of the molecule is O=C(O)[C@@](O)(c1ccccc1)C1CCC(F)(F)C1. The van der Waals surface area contributed by atoms with Crippen molar-refractivity contribution in [3.05, 3.63) is 35.9 Å². The average Bonchev–Trinajstić information content (AvgIpc) is 2.70. The van der Waals surface area contributed by atoms with E-state index in [1.165, 1.54) is 12.1 Å². The predicted octanol–water partition coefficient (Wildman–Crippen LogP) is 2.39. The van der Waals surface area contributed by atoms with Gasteiger partial charge in [-0.1, -0.05) is 30.3 Å². The number of aliphatic carboxylic acids is 1. The van der Waals surface area contributed by atoms with Crippen molar-refractivity contribution < 1.29 is 23.8 Å². The second-order valence-electron chi connectivity index (χ2n) is 4.73. The highest BCUT2D eigenvalue weighted by atomic mass is 19.3. The van der Waals surface area contributed by atoms with Crippen LogP contribution in [0, 0.1) is 5.92 Å². The van der Waals surface area contributed by atoms with Gasteiger partial charge in [0.15, 0.2) is 5.60 Å². The van der Waals surface area contributed by atoms with E-state index in [0.29, 0.717) is 0 Å². The maximum atomic E-state index is 13.2. The fraction of sp³-hybridized carbons (Fsp3) is 0.462. The molecule has 1 unspecified atom stereocenters. The lowest BCUT2D eigenvalue weighted by atomic mass is 9.80. The van der Waals surface area contributed by atoms with Gasteiger partial charge in [-0.3, -0.25) is 0 Å². The number of carbonyl (C=O) groups is 1. The van der Waals surface area contributed by atoms with Gasteiger partial charge in [-0.2, -0.15) is 0 Å². The third-order valence-corrected chi connectivity index (χ3v) is 3.53. The van der Waals surface area contributed by atoms with E-state index in [9.17, 15) is 23.8 Å². The van der Waals surface area contributed by atoms with Crippen LogP contribution in [0.5, 0.6) is 0 Å². The van der Waals surface area contributed by atoms with Gasteiger partial charge >= 0.3 is 5.97 Å². The Kier molecular flexibility index (Phi) is 3.11. The van der Waals surface area contributed by atoms with Crippen LogP contribution in [0.3, 0.4) is 0 Å². The van der Waals surface area contributed by atoms with Crippen LogP contribution in [0.4, 0.5) is 8.78 Å². The number of aliphatic hydroxyl groups is 1. The number of halogens is 2. The van der Waals surface area contributed by atoms with Crippen LogP contribution < -0.4 is 0 Å². The Bertz CT molecular complexity index is 447. The van der Waals surface area contributed by atoms with Gasteiger partial charge in [-0.15, -0.1) is 0 Å². The monoisotopic (exact) mass is 256 g/mol. The standard InChI is InChI=1S/C13H14F2O3/c14-12(15)7-6-10(8-12)13(18,11(16)17)9-4-2-1-3-5-9/h1-5,10,18H,6-8H2,(H,16,17)/t10?,13-/m1/s1. The minimum absolute atomic E-state index is 0.00466. The first-order chi connectivity index (χ1) is 8.36. The molecule has 5 heteroatoms. The molecule has 1 aliphatic rings. The second kappa shape index (κ2) is 4.31. The van der Waals surface area contributed by atoms with E-state index in [-0.39, 0.29) is 18.4 Å². The summed E-state index contributed by atoms with van der Waals surface area (Å²) >= 11 is 0. The zero-order valence-electron chi connectivity index (χ0n) is 9.64. The quantitative estimate of drug-likeness (QED) is 0.873. The van der Waals surface area contributed by atoms with Gasteiger partial charge in [0.05, 0.1) is 0 Å². The first-order valence-corrected chi connectivity index (χ1v) is 5.75. The predicted molar refractivity (Wildman–Crippen MR) is 60.3 cm³/mol. The molecule has 0 aromatic heterocycles. The van der Waals surface area contributed by atoms with Crippen LogP contribution in [0.1, 0.15) is 24.8 Å². The van der Waals surface area contributed by atoms with Crippen molar-refractivity contribution in [2.24, 2.45) is 5.92 Å². The van der Waals surface area contributed by atoms with Gasteiger partial charge in [0.25, 0.3) is 0 Å². The van der Waals surface area contributed by atoms with Crippen LogP contribution >= 0.6 is 0 Å². The Hall–Kier alpha value is -1.49. The molecule has 0 radical (unpaired) electrons. The largest absolute Gasteiger partial charge is 0.479 e. The summed E-state index contributed by atoms with van der Waals surface area (Å²) in [5.74, 6) is -5.33. The van der Waals surface area contributed by atoms with E-state index >= 15 is 0 Å². The topological polar surface area (TPSA) is 57.5 Å². The molecule has 0 bridgehead atoms. The van der Waals surface area contributed by atoms with E-state index in [4.69, 9.17) is 0 Å². The lowest BCUT2D eigenvalue weighted by Gasteiger charge is -2.30. The Morgan fingerprint density at radius 2 is 1.94 bits per heavy atom. The van der Waals surface area contributed by atoms with Gasteiger partial charge in [0.1, 0.15) is 0 Å². The molecule has 1 aromatic rings. The average molecular weight is 256 g/mol. The van der Waals surface area contributed by atoms with Crippen LogP contribution in [-0.4, -0.2) is 22.1 Å². The molecular weight excluding hydrogens is 242 g/mol. The van der Waals surface area contributed by atoms with Crippen molar-refractivity contribution in [2.75, 3.05) is 0 Å². The lowest BCUT2D eigenvalue weighted by molar-refractivity contribution is -0.167. The van der Waals surface area contributed by atoms with E-state index < -0.39 is 29.8 Å². The van der Waals surface area contributed by atoms with Crippen molar-refractivity contribution in [2.45, 2.75) is 30.8 Å². The summed E-state index contributed by atoms with van der Waals surface area (Å²) in [4.78, 5) is 11.3. The second-order valence-corrected chi connectivity index (χ2v) is 4.73. The fourth-order valence-electron chi connectivity index (χ4n) is 2.53. The summed E-state index contributed by atoms with van der Waals surface area (Å²) < 4.78 is 26.4. The maximum absolute atomic E-state index is 13.2. The third-order valence-electron chi connectivity index (χ3n) is 3.53. The molecule has 2 N–H and O–H groups in total. The van der Waals surface area contributed by atoms with Gasteiger partial charge in [-0.05, 0) is 12.0 Å². The molecule has 1 saturated carbocycles. The molecule has 3 nitrogen and oxygen atoms in total. The molecule has 0 spiro atoms. The van der Waals surface area contributed by atoms with Crippen molar-refractivity contribution in [3.63, 3.8) is 0 Å². The summed E-state index contributed by atoms with van der Waals surface area (Å²) in [6.45, 7) is 0. The number of carboxylic acids is 1. The summed E-state index contributed by atoms with van der Waals surface area (Å²) in [5, 5.41) is 19.6. The molecule has 1 aromatic carbocycles. The van der Waals surface area contributed by atoms with Crippen LogP contribution in [0.15, 0.2) is 30.3 Å². The van der Waals surface area contributed by atoms with Gasteiger partial charge in [0, 0.05) is 18.8 Å². The minimum Gasteiger partial charge on any atom is -0.479 e. The molecule has 0 saturated heterocycles. The zero-order chi connectivity index (χ0) is 13.4. The molecule has 1 fully saturated rings. The Morgan fingerprint density at radius 1 is 1.33 bits per heavy atom. The van der Waals surface area contributed by atoms with E-state index in [1.807, 2.05) is 0 Å². The van der Waals surface area contributed by atoms with Crippen molar-refractivity contribution in [1.29, 1.82) is 0 Å². The normalized spacial score (nSPS) is 25.6. The van der Waals surface area contributed by atoms with Gasteiger partial charge in [0.2, 0.25) is 5.92 Å². The first-order valence-electron chi connectivity index (χ1n) is 5.75. The Balaban J connectivity index is 2.37. The molecule has 2 atom stereocenters. The number of alkyl halides is 2. The summed E-state index contributed by atoms with van der Waals surface area (Å²) in [5.41, 5.74) is -2.08. The van der Waals surface area contributed by atoms with Crippen molar-refractivity contribution in [3.8, 4) is 0 Å². The highest BCUT2D eigenvalue weighted by Gasteiger charge is 2.53. The number of rotatable bonds is 3. The molecule has 2 rings (SSSR count). The molecule has 0 amide bonds. The summed E-state index contributed by atoms with van der Waals surface area (Å²) in [6.07, 6.45) is -0.963. The Labute approximate surface area is 103 Å². The first kappa shape index (κ1) is 13.0. The minimum atomic E-state index is -2.89. The van der Waals surface area contributed by atoms with E-state index in [1.54, 1.807) is 18.2 Å². The molecule has 18 heavy (non-hydrogen) atoms. The van der Waals surface area contributed by atoms with E-state index in [2.05, 4.69) is 0 Å². The number of hydrogen-bond acceptors (Lipinski definition) is 2. The number of carboxylic acid groups (broad SMARTS) is 1. The van der Waals surface area contributed by atoms with Crippen molar-refractivity contribution in [1.82, 2.24) is 0 Å². The summed E-state index contributed by atoms with van der Waals surface area (Å²) in [6, 6.07) is 7.73. The number of benzene rings is 1. The zero-order valence-corrected chi connectivity index (χ0v) is 9.64. The smallest absolute Gasteiger partial charge is 0.340 e. The van der Waals surface area contributed by atoms with Crippen LogP contribution in [-0.2, 0) is 10.4 Å². The van der Waals surface area contributed by atoms with Gasteiger partial charge < -0.3 is 10.2 Å². The molecule has 98 valence electrons. The van der Waals surface area contributed by atoms with Crippen LogP contribution in [0.25, 0.3) is 0 Å². The molecular formula is C13H14F2O3. The van der Waals surface area contributed by atoms with Crippen molar-refractivity contribution >= 4 is 5.97 Å². The molecule has 1 aliphatic carbocycles. The molecule has 0 aliphatic heterocycles. The lowest BCUT2D eigenvalue weighted by Crippen LogP contribution is -2.42.